The Bertz CT molecular complexity index is 1090. The molecule has 0 radical (unpaired) electrons. The molecule has 2 N–H and O–H groups in total. The lowest BCUT2D eigenvalue weighted by molar-refractivity contribution is -0.141. The van der Waals surface area contributed by atoms with Crippen molar-refractivity contribution in [1.29, 1.82) is 0 Å². The van der Waals surface area contributed by atoms with Gasteiger partial charge in [-0.05, 0) is 32.3 Å². The lowest BCUT2D eigenvalue weighted by Crippen LogP contribution is -2.28. The summed E-state index contributed by atoms with van der Waals surface area (Å²) in [5.41, 5.74) is 4.61. The van der Waals surface area contributed by atoms with E-state index in [2.05, 4.69) is 0 Å². The van der Waals surface area contributed by atoms with Gasteiger partial charge >= 0.3 is 5.97 Å². The summed E-state index contributed by atoms with van der Waals surface area (Å²) < 4.78 is 36.7. The van der Waals surface area contributed by atoms with Gasteiger partial charge in [0.1, 0.15) is 17.9 Å². The number of carbonyl (C=O) groups excluding carboxylic acids is 2. The van der Waals surface area contributed by atoms with Crippen LogP contribution in [-0.2, 0) is 9.53 Å². The van der Waals surface area contributed by atoms with Crippen molar-refractivity contribution in [2.24, 2.45) is 5.73 Å². The van der Waals surface area contributed by atoms with Gasteiger partial charge in [-0.3, -0.25) is 14.4 Å². The quantitative estimate of drug-likeness (QED) is 0.439. The molecule has 9 heteroatoms. The van der Waals surface area contributed by atoms with E-state index in [9.17, 15) is 18.8 Å². The highest BCUT2D eigenvalue weighted by atomic mass is 19.1. The van der Waals surface area contributed by atoms with Crippen LogP contribution in [0.5, 0.6) is 0 Å². The molecular formula is C21H23F2N3O4. The molecule has 7 nitrogen and oxygen atoms in total. The number of nitrogens with zero attached hydrogens (tertiary/aromatic N) is 2. The molecule has 0 spiro atoms. The predicted molar refractivity (Wildman–Crippen MR) is 107 cm³/mol. The number of ketones is 1. The number of fused-ring (bicyclic) bond motifs is 1. The third-order valence-electron chi connectivity index (χ3n) is 5.58. The number of halogens is 2. The minimum atomic E-state index is -0.872. The average molecular weight is 419 g/mol. The van der Waals surface area contributed by atoms with E-state index >= 15 is 4.39 Å². The predicted octanol–water partition coefficient (Wildman–Crippen LogP) is 2.29. The number of esters is 1. The molecule has 1 aliphatic carbocycles. The lowest BCUT2D eigenvalue weighted by Gasteiger charge is -2.22. The number of nitrogens with two attached hydrogens (primary N) is 1. The highest BCUT2D eigenvalue weighted by Gasteiger charge is 2.32. The highest BCUT2D eigenvalue weighted by molar-refractivity contribution is 6.07. The van der Waals surface area contributed by atoms with Crippen molar-refractivity contribution in [3.8, 4) is 0 Å². The minimum absolute atomic E-state index is 0.0212. The maximum absolute atomic E-state index is 15.5. The summed E-state index contributed by atoms with van der Waals surface area (Å²) in [6.07, 6.45) is 2.82. The fourth-order valence-corrected chi connectivity index (χ4v) is 3.99. The van der Waals surface area contributed by atoms with Crippen LogP contribution in [-0.4, -0.2) is 42.1 Å². The van der Waals surface area contributed by atoms with E-state index in [1.54, 1.807) is 11.8 Å². The average Bonchev–Trinajstić information content (AvgIpc) is 3.44. The standard InChI is InChI=1S/C21H23F2N3O4/c1-2-30-17(28)8-16(27)14-10-26(12-3-4-12)19-13(21(14)29)7-15(22)20(18(19)23)25-6-5-11(24)9-25/h7,10-12H,2-6,8-9,24H2,1H3. The normalized spacial score (nSPS) is 18.8. The van der Waals surface area contributed by atoms with Gasteiger partial charge in [-0.2, -0.15) is 0 Å². The van der Waals surface area contributed by atoms with E-state index in [0.29, 0.717) is 19.5 Å². The summed E-state index contributed by atoms with van der Waals surface area (Å²) >= 11 is 0. The van der Waals surface area contributed by atoms with Gasteiger partial charge in [-0.1, -0.05) is 0 Å². The van der Waals surface area contributed by atoms with Crippen molar-refractivity contribution < 1.29 is 23.1 Å². The smallest absolute Gasteiger partial charge is 0.313 e. The molecule has 1 aromatic carbocycles. The van der Waals surface area contributed by atoms with Gasteiger partial charge in [0.25, 0.3) is 0 Å². The first kappa shape index (κ1) is 20.5. The number of hydrogen-bond acceptors (Lipinski definition) is 6. The second-order valence-electron chi connectivity index (χ2n) is 7.83. The molecule has 0 amide bonds. The Morgan fingerprint density at radius 2 is 2.00 bits per heavy atom. The van der Waals surface area contributed by atoms with Crippen molar-refractivity contribution in [2.45, 2.75) is 44.7 Å². The second-order valence-corrected chi connectivity index (χ2v) is 7.83. The number of hydrogen-bond donors (Lipinski definition) is 1. The SMILES string of the molecule is CCOC(=O)CC(=O)c1cn(C2CC2)c2c(F)c(N3CCC(N)C3)c(F)cc2c1=O. The maximum Gasteiger partial charge on any atom is 0.313 e. The molecule has 2 heterocycles. The third-order valence-corrected chi connectivity index (χ3v) is 5.58. The van der Waals surface area contributed by atoms with Crippen molar-refractivity contribution in [3.05, 3.63) is 39.7 Å². The molecule has 160 valence electrons. The molecule has 2 aromatic rings. The van der Waals surface area contributed by atoms with Crippen LogP contribution in [0.15, 0.2) is 17.1 Å². The molecule has 4 rings (SSSR count). The minimum Gasteiger partial charge on any atom is -0.466 e. The zero-order valence-electron chi connectivity index (χ0n) is 16.6. The molecule has 2 aliphatic rings. The van der Waals surface area contributed by atoms with Gasteiger partial charge in [0.2, 0.25) is 0 Å². The zero-order valence-corrected chi connectivity index (χ0v) is 16.6. The lowest BCUT2D eigenvalue weighted by atomic mass is 10.0. The molecule has 2 fully saturated rings. The first-order chi connectivity index (χ1) is 14.3. The number of carbonyl (C=O) groups is 2. The summed E-state index contributed by atoms with van der Waals surface area (Å²) in [4.78, 5) is 38.7. The largest absolute Gasteiger partial charge is 0.466 e. The molecule has 0 bridgehead atoms. The van der Waals surface area contributed by atoms with Crippen molar-refractivity contribution >= 4 is 28.3 Å². The number of rotatable bonds is 6. The Balaban J connectivity index is 1.87. The van der Waals surface area contributed by atoms with E-state index < -0.39 is 35.2 Å². The van der Waals surface area contributed by atoms with Crippen molar-refractivity contribution in [2.75, 3.05) is 24.6 Å². The van der Waals surface area contributed by atoms with E-state index in [1.165, 1.54) is 10.8 Å². The molecule has 1 saturated heterocycles. The monoisotopic (exact) mass is 419 g/mol. The number of Topliss-reactive ketones (excluding diaryl/α,β-unsaturated/α-hetero) is 1. The van der Waals surface area contributed by atoms with Crippen LogP contribution >= 0.6 is 0 Å². The van der Waals surface area contributed by atoms with E-state index in [0.717, 1.165) is 18.9 Å². The van der Waals surface area contributed by atoms with Crippen LogP contribution < -0.4 is 16.1 Å². The topological polar surface area (TPSA) is 94.6 Å². The summed E-state index contributed by atoms with van der Waals surface area (Å²) in [6, 6.07) is 0.726. The van der Waals surface area contributed by atoms with Gasteiger partial charge < -0.3 is 19.9 Å². The van der Waals surface area contributed by atoms with Gasteiger partial charge in [-0.15, -0.1) is 0 Å². The van der Waals surface area contributed by atoms with E-state index in [-0.39, 0.29) is 40.8 Å². The number of anilines is 1. The number of aromatic nitrogens is 1. The van der Waals surface area contributed by atoms with E-state index in [1.807, 2.05) is 0 Å². The fraction of sp³-hybridized carbons (Fsp3) is 0.476. The van der Waals surface area contributed by atoms with Crippen LogP contribution in [0, 0.1) is 11.6 Å². The second kappa shape index (κ2) is 7.79. The van der Waals surface area contributed by atoms with Crippen LogP contribution in [0.4, 0.5) is 14.5 Å². The third kappa shape index (κ3) is 3.58. The first-order valence-corrected chi connectivity index (χ1v) is 10.1. The number of benzene rings is 1. The van der Waals surface area contributed by atoms with Gasteiger partial charge in [0.05, 0.1) is 23.1 Å². The molecule has 1 aliphatic heterocycles. The molecule has 1 atom stereocenters. The summed E-state index contributed by atoms with van der Waals surface area (Å²) in [7, 11) is 0. The van der Waals surface area contributed by atoms with Crippen molar-refractivity contribution in [1.82, 2.24) is 4.57 Å². The molecule has 1 unspecified atom stereocenters. The van der Waals surface area contributed by atoms with Crippen LogP contribution in [0.1, 0.15) is 49.0 Å². The highest BCUT2D eigenvalue weighted by Crippen LogP contribution is 2.40. The van der Waals surface area contributed by atoms with Gasteiger partial charge in [0.15, 0.2) is 17.0 Å². The molecule has 1 aromatic heterocycles. The number of pyridine rings is 1. The Labute approximate surface area is 171 Å². The van der Waals surface area contributed by atoms with Crippen LogP contribution in [0.25, 0.3) is 10.9 Å². The van der Waals surface area contributed by atoms with Gasteiger partial charge in [0, 0.05) is 31.4 Å². The van der Waals surface area contributed by atoms with Crippen LogP contribution in [0.3, 0.4) is 0 Å². The van der Waals surface area contributed by atoms with Gasteiger partial charge in [-0.25, -0.2) is 8.78 Å². The maximum atomic E-state index is 15.5. The Hall–Kier alpha value is -2.81. The Morgan fingerprint density at radius 3 is 2.60 bits per heavy atom. The Morgan fingerprint density at radius 1 is 1.27 bits per heavy atom. The number of ether oxygens (including phenoxy) is 1. The van der Waals surface area contributed by atoms with Crippen molar-refractivity contribution in [3.63, 3.8) is 0 Å². The summed E-state index contributed by atoms with van der Waals surface area (Å²) in [5.74, 6) is -3.18. The van der Waals surface area contributed by atoms with E-state index in [4.69, 9.17) is 10.5 Å². The zero-order chi connectivity index (χ0) is 21.6. The molecule has 1 saturated carbocycles. The fourth-order valence-electron chi connectivity index (χ4n) is 3.99. The molecular weight excluding hydrogens is 396 g/mol. The first-order valence-electron chi connectivity index (χ1n) is 10.1. The summed E-state index contributed by atoms with van der Waals surface area (Å²) in [6.45, 7) is 2.46. The molecule has 30 heavy (non-hydrogen) atoms. The van der Waals surface area contributed by atoms with Crippen LogP contribution in [0.2, 0.25) is 0 Å². The summed E-state index contributed by atoms with van der Waals surface area (Å²) in [5, 5.41) is -0.209. The Kier molecular flexibility index (Phi) is 5.31.